The smallest absolute Gasteiger partial charge is 0.144 e. The van der Waals surface area contributed by atoms with Crippen molar-refractivity contribution in [1.29, 1.82) is 0 Å². The second-order valence-electron chi connectivity index (χ2n) is 4.48. The molecular weight excluding hydrogens is 392 g/mol. The molecule has 1 atom stereocenters. The molecule has 0 saturated heterocycles. The molecular formula is C15H13Br2F2N. The number of hydrogen-bond donors (Lipinski definition) is 1. The third kappa shape index (κ3) is 3.65. The van der Waals surface area contributed by atoms with Gasteiger partial charge in [0.05, 0.1) is 4.47 Å². The first kappa shape index (κ1) is 15.6. The van der Waals surface area contributed by atoms with Crippen LogP contribution < -0.4 is 5.32 Å². The molecule has 1 N–H and O–H groups in total. The highest BCUT2D eigenvalue weighted by atomic mass is 79.9. The second-order valence-corrected chi connectivity index (χ2v) is 6.25. The highest BCUT2D eigenvalue weighted by Gasteiger charge is 2.13. The molecule has 0 aliphatic rings. The lowest BCUT2D eigenvalue weighted by Crippen LogP contribution is -2.19. The molecule has 5 heteroatoms. The van der Waals surface area contributed by atoms with Crippen molar-refractivity contribution in [2.75, 3.05) is 0 Å². The van der Waals surface area contributed by atoms with Crippen LogP contribution in [-0.2, 0) is 6.54 Å². The van der Waals surface area contributed by atoms with Gasteiger partial charge in [-0.05, 0) is 52.7 Å². The Kier molecular flexibility index (Phi) is 5.29. The van der Waals surface area contributed by atoms with Crippen molar-refractivity contribution in [3.8, 4) is 0 Å². The minimum Gasteiger partial charge on any atom is -0.306 e. The van der Waals surface area contributed by atoms with E-state index in [1.807, 2.05) is 31.2 Å². The van der Waals surface area contributed by atoms with E-state index in [1.165, 1.54) is 12.1 Å². The molecule has 2 aromatic carbocycles. The lowest BCUT2D eigenvalue weighted by molar-refractivity contribution is 0.506. The van der Waals surface area contributed by atoms with E-state index < -0.39 is 11.6 Å². The van der Waals surface area contributed by atoms with Crippen molar-refractivity contribution in [3.05, 3.63) is 68.1 Å². The first-order valence-corrected chi connectivity index (χ1v) is 7.69. The Balaban J connectivity index is 2.11. The fourth-order valence-corrected chi connectivity index (χ4v) is 2.67. The summed E-state index contributed by atoms with van der Waals surface area (Å²) in [7, 11) is 0. The standard InChI is InChI=1S/C15H13Br2F2N/c1-9(10-3-2-4-11(16)7-10)20-8-12-14(18)6-5-13(17)15(12)19/h2-7,9,20H,8H2,1H3/t9-/m0/s1. The molecule has 0 saturated carbocycles. The number of nitrogens with one attached hydrogen (secondary N) is 1. The van der Waals surface area contributed by atoms with Crippen LogP contribution in [0.2, 0.25) is 0 Å². The molecule has 0 bridgehead atoms. The molecule has 0 unspecified atom stereocenters. The van der Waals surface area contributed by atoms with E-state index in [0.717, 1.165) is 10.0 Å². The molecule has 1 nitrogen and oxygen atoms in total. The summed E-state index contributed by atoms with van der Waals surface area (Å²) in [6.07, 6.45) is 0. The lowest BCUT2D eigenvalue weighted by Gasteiger charge is -2.15. The zero-order valence-electron chi connectivity index (χ0n) is 10.8. The minimum atomic E-state index is -0.557. The van der Waals surface area contributed by atoms with E-state index >= 15 is 0 Å². The van der Waals surface area contributed by atoms with E-state index in [2.05, 4.69) is 37.2 Å². The van der Waals surface area contributed by atoms with Gasteiger partial charge in [0.1, 0.15) is 11.6 Å². The summed E-state index contributed by atoms with van der Waals surface area (Å²) in [6.45, 7) is 2.08. The first-order chi connectivity index (χ1) is 9.49. The van der Waals surface area contributed by atoms with Gasteiger partial charge in [-0.2, -0.15) is 0 Å². The predicted octanol–water partition coefficient (Wildman–Crippen LogP) is 5.34. The topological polar surface area (TPSA) is 12.0 Å². The Morgan fingerprint density at radius 3 is 2.60 bits per heavy atom. The average Bonchev–Trinajstić information content (AvgIpc) is 2.43. The van der Waals surface area contributed by atoms with E-state index in [1.54, 1.807) is 0 Å². The quantitative estimate of drug-likeness (QED) is 0.678. The van der Waals surface area contributed by atoms with Crippen molar-refractivity contribution in [1.82, 2.24) is 5.32 Å². The van der Waals surface area contributed by atoms with Crippen LogP contribution in [0.5, 0.6) is 0 Å². The number of benzene rings is 2. The zero-order valence-corrected chi connectivity index (χ0v) is 13.9. The van der Waals surface area contributed by atoms with E-state index in [4.69, 9.17) is 0 Å². The monoisotopic (exact) mass is 403 g/mol. The SMILES string of the molecule is C[C@H](NCc1c(F)ccc(Br)c1F)c1cccc(Br)c1. The van der Waals surface area contributed by atoms with Crippen molar-refractivity contribution < 1.29 is 8.78 Å². The third-order valence-corrected chi connectivity index (χ3v) is 4.18. The molecule has 0 aromatic heterocycles. The molecule has 0 fully saturated rings. The Hall–Kier alpha value is -0.780. The normalized spacial score (nSPS) is 12.4. The summed E-state index contributed by atoms with van der Waals surface area (Å²) in [5, 5.41) is 3.13. The molecule has 0 amide bonds. The average molecular weight is 405 g/mol. The zero-order chi connectivity index (χ0) is 14.7. The van der Waals surface area contributed by atoms with Gasteiger partial charge in [-0.25, -0.2) is 8.78 Å². The van der Waals surface area contributed by atoms with Gasteiger partial charge in [-0.15, -0.1) is 0 Å². The third-order valence-electron chi connectivity index (χ3n) is 3.07. The fourth-order valence-electron chi connectivity index (χ4n) is 1.88. The molecule has 2 aromatic rings. The molecule has 0 heterocycles. The number of hydrogen-bond acceptors (Lipinski definition) is 1. The van der Waals surface area contributed by atoms with Gasteiger partial charge in [0.15, 0.2) is 0 Å². The van der Waals surface area contributed by atoms with E-state index in [0.29, 0.717) is 0 Å². The molecule has 2 rings (SSSR count). The van der Waals surface area contributed by atoms with Gasteiger partial charge in [0.2, 0.25) is 0 Å². The van der Waals surface area contributed by atoms with Gasteiger partial charge in [0, 0.05) is 22.6 Å². The van der Waals surface area contributed by atoms with Crippen molar-refractivity contribution >= 4 is 31.9 Å². The Morgan fingerprint density at radius 1 is 1.15 bits per heavy atom. The molecule has 0 aliphatic carbocycles. The van der Waals surface area contributed by atoms with Crippen LogP contribution in [0.4, 0.5) is 8.78 Å². The van der Waals surface area contributed by atoms with Crippen LogP contribution in [0, 0.1) is 11.6 Å². The van der Waals surface area contributed by atoms with Crippen LogP contribution in [0.3, 0.4) is 0 Å². The van der Waals surface area contributed by atoms with Crippen molar-refractivity contribution in [2.24, 2.45) is 0 Å². The van der Waals surface area contributed by atoms with Gasteiger partial charge < -0.3 is 5.32 Å². The van der Waals surface area contributed by atoms with Crippen LogP contribution in [0.25, 0.3) is 0 Å². The second kappa shape index (κ2) is 6.78. The van der Waals surface area contributed by atoms with Gasteiger partial charge >= 0.3 is 0 Å². The number of rotatable bonds is 4. The maximum absolute atomic E-state index is 13.8. The minimum absolute atomic E-state index is 0.00900. The van der Waals surface area contributed by atoms with Crippen LogP contribution in [0.15, 0.2) is 45.3 Å². The molecule has 0 spiro atoms. The Labute approximate surface area is 133 Å². The molecule has 20 heavy (non-hydrogen) atoms. The van der Waals surface area contributed by atoms with E-state index in [-0.39, 0.29) is 22.6 Å². The van der Waals surface area contributed by atoms with Crippen molar-refractivity contribution in [2.45, 2.75) is 19.5 Å². The van der Waals surface area contributed by atoms with Gasteiger partial charge in [-0.1, -0.05) is 28.1 Å². The highest BCUT2D eigenvalue weighted by molar-refractivity contribution is 9.10. The van der Waals surface area contributed by atoms with Gasteiger partial charge in [0.25, 0.3) is 0 Å². The summed E-state index contributed by atoms with van der Waals surface area (Å²) in [5.41, 5.74) is 1.09. The summed E-state index contributed by atoms with van der Waals surface area (Å²) >= 11 is 6.47. The first-order valence-electron chi connectivity index (χ1n) is 6.10. The molecule has 106 valence electrons. The Morgan fingerprint density at radius 2 is 1.90 bits per heavy atom. The fraction of sp³-hybridized carbons (Fsp3) is 0.200. The maximum atomic E-state index is 13.8. The van der Waals surface area contributed by atoms with Crippen LogP contribution in [-0.4, -0.2) is 0 Å². The predicted molar refractivity (Wildman–Crippen MR) is 83.5 cm³/mol. The van der Waals surface area contributed by atoms with E-state index in [9.17, 15) is 8.78 Å². The lowest BCUT2D eigenvalue weighted by atomic mass is 10.1. The Bertz CT molecular complexity index is 617. The molecule has 0 radical (unpaired) electrons. The maximum Gasteiger partial charge on any atom is 0.144 e. The highest BCUT2D eigenvalue weighted by Crippen LogP contribution is 2.23. The summed E-state index contributed by atoms with van der Waals surface area (Å²) in [4.78, 5) is 0. The summed E-state index contributed by atoms with van der Waals surface area (Å²) in [5.74, 6) is -1.10. The van der Waals surface area contributed by atoms with Gasteiger partial charge in [-0.3, -0.25) is 0 Å². The van der Waals surface area contributed by atoms with Crippen LogP contribution >= 0.6 is 31.9 Å². The molecule has 0 aliphatic heterocycles. The summed E-state index contributed by atoms with van der Waals surface area (Å²) in [6, 6.07) is 10.4. The number of halogens is 4. The van der Waals surface area contributed by atoms with Crippen LogP contribution in [0.1, 0.15) is 24.1 Å². The largest absolute Gasteiger partial charge is 0.306 e. The van der Waals surface area contributed by atoms with Crippen molar-refractivity contribution in [3.63, 3.8) is 0 Å². The summed E-state index contributed by atoms with van der Waals surface area (Å²) < 4.78 is 28.7.